The van der Waals surface area contributed by atoms with Crippen molar-refractivity contribution in [3.05, 3.63) is 93.8 Å². The van der Waals surface area contributed by atoms with Crippen LogP contribution in [0.2, 0.25) is 0 Å². The first-order valence-electron chi connectivity index (χ1n) is 10.8. The number of imidazole rings is 1. The van der Waals surface area contributed by atoms with Crippen LogP contribution in [0.3, 0.4) is 0 Å². The van der Waals surface area contributed by atoms with E-state index in [4.69, 9.17) is 4.74 Å². The highest BCUT2D eigenvalue weighted by molar-refractivity contribution is 9.10. The number of halogens is 4. The molecule has 2 N–H and O–H groups in total. The molecule has 0 fully saturated rings. The van der Waals surface area contributed by atoms with Gasteiger partial charge in [0.25, 0.3) is 11.6 Å². The van der Waals surface area contributed by atoms with Gasteiger partial charge in [0, 0.05) is 19.0 Å². The number of carbonyl (C=O) groups is 1. The van der Waals surface area contributed by atoms with Gasteiger partial charge in [0.2, 0.25) is 5.69 Å². The van der Waals surface area contributed by atoms with Crippen LogP contribution in [0.1, 0.15) is 34.2 Å². The number of hydrogen-bond acceptors (Lipinski definition) is 3. The summed E-state index contributed by atoms with van der Waals surface area (Å²) < 4.78 is 49.0. The van der Waals surface area contributed by atoms with Gasteiger partial charge in [-0.15, -0.1) is 13.2 Å². The van der Waals surface area contributed by atoms with Crippen LogP contribution in [0.15, 0.2) is 71.3 Å². The molecule has 0 bridgehead atoms. The van der Waals surface area contributed by atoms with Gasteiger partial charge in [0.1, 0.15) is 24.3 Å². The van der Waals surface area contributed by atoms with Crippen molar-refractivity contribution in [1.82, 2.24) is 10.3 Å². The molecule has 0 saturated carbocycles. The minimum absolute atomic E-state index is 0.186. The highest BCUT2D eigenvalue weighted by Crippen LogP contribution is 2.23. The monoisotopic (exact) mass is 548 g/mol. The van der Waals surface area contributed by atoms with Crippen LogP contribution in [0.25, 0.3) is 5.65 Å². The molecule has 0 atom stereocenters. The van der Waals surface area contributed by atoms with Gasteiger partial charge in [-0.2, -0.15) is 4.40 Å². The van der Waals surface area contributed by atoms with Crippen molar-refractivity contribution in [1.29, 1.82) is 0 Å². The van der Waals surface area contributed by atoms with Gasteiger partial charge < -0.3 is 14.8 Å². The van der Waals surface area contributed by atoms with Crippen LogP contribution in [0, 0.1) is 0 Å². The largest absolute Gasteiger partial charge is 0.573 e. The summed E-state index contributed by atoms with van der Waals surface area (Å²) in [6, 6.07) is 16.6. The zero-order valence-corrected chi connectivity index (χ0v) is 20.2. The second-order valence-electron chi connectivity index (χ2n) is 7.72. The summed E-state index contributed by atoms with van der Waals surface area (Å²) in [6.45, 7) is 2.51. The number of aromatic amines is 1. The third-order valence-corrected chi connectivity index (χ3v) is 5.69. The number of fused-ring (bicyclic) bond motifs is 1. The van der Waals surface area contributed by atoms with E-state index in [2.05, 4.69) is 31.0 Å². The minimum Gasteiger partial charge on any atom is -0.489 e. The minimum atomic E-state index is -4.72. The average Bonchev–Trinajstić information content (AvgIpc) is 3.19. The van der Waals surface area contributed by atoms with Crippen LogP contribution in [-0.2, 0) is 19.6 Å². The van der Waals surface area contributed by atoms with E-state index in [-0.39, 0.29) is 18.3 Å². The molecule has 0 aliphatic heterocycles. The first-order chi connectivity index (χ1) is 16.7. The molecule has 4 rings (SSSR count). The van der Waals surface area contributed by atoms with Crippen molar-refractivity contribution < 1.29 is 31.8 Å². The first-order valence-corrected chi connectivity index (χ1v) is 11.6. The number of ether oxygens (including phenoxy) is 2. The summed E-state index contributed by atoms with van der Waals surface area (Å²) in [5, 5.41) is 2.96. The third kappa shape index (κ3) is 6.33. The zero-order chi connectivity index (χ0) is 25.0. The maximum Gasteiger partial charge on any atom is 0.573 e. The van der Waals surface area contributed by atoms with E-state index in [1.165, 1.54) is 24.3 Å². The Morgan fingerprint density at radius 2 is 1.66 bits per heavy atom. The summed E-state index contributed by atoms with van der Waals surface area (Å²) in [6.07, 6.45) is -2.18. The Kier molecular flexibility index (Phi) is 7.30. The lowest BCUT2D eigenvalue weighted by molar-refractivity contribution is -0.513. The van der Waals surface area contributed by atoms with Crippen LogP contribution < -0.4 is 19.2 Å². The molecular formula is C25H22BrF3N3O3+. The topological polar surface area (TPSA) is 67.5 Å². The Labute approximate surface area is 207 Å². The van der Waals surface area contributed by atoms with Crippen molar-refractivity contribution in [3.63, 3.8) is 0 Å². The number of nitrogens with one attached hydrogen (secondary N) is 2. The number of H-pyrrole nitrogens is 1. The maximum absolute atomic E-state index is 12.9. The molecule has 10 heteroatoms. The van der Waals surface area contributed by atoms with E-state index in [0.29, 0.717) is 30.0 Å². The normalized spacial score (nSPS) is 11.5. The SMILES string of the molecule is CCc1[nH]c2ccc(Br)c[n+]2c1C(=O)NCc1ccc(OCc2ccc(OC(F)(F)F)cc2)cc1. The number of aromatic nitrogens is 2. The van der Waals surface area contributed by atoms with Crippen LogP contribution in [-0.4, -0.2) is 17.3 Å². The number of pyridine rings is 1. The number of carbonyl (C=O) groups excluding carboxylic acids is 1. The van der Waals surface area contributed by atoms with Gasteiger partial charge >= 0.3 is 6.36 Å². The molecule has 0 radical (unpaired) electrons. The molecule has 35 heavy (non-hydrogen) atoms. The number of rotatable bonds is 8. The van der Waals surface area contributed by atoms with Gasteiger partial charge in [-0.05, 0) is 57.4 Å². The number of benzene rings is 2. The predicted molar refractivity (Wildman–Crippen MR) is 126 cm³/mol. The van der Waals surface area contributed by atoms with Crippen molar-refractivity contribution in [2.45, 2.75) is 32.9 Å². The van der Waals surface area contributed by atoms with E-state index < -0.39 is 6.36 Å². The molecule has 0 aliphatic rings. The molecular weight excluding hydrogens is 527 g/mol. The molecule has 2 heterocycles. The Bertz CT molecular complexity index is 1320. The Balaban J connectivity index is 1.33. The predicted octanol–water partition coefficient (Wildman–Crippen LogP) is 5.49. The Morgan fingerprint density at radius 1 is 1.00 bits per heavy atom. The fraction of sp³-hybridized carbons (Fsp3) is 0.200. The lowest BCUT2D eigenvalue weighted by atomic mass is 10.2. The summed E-state index contributed by atoms with van der Waals surface area (Å²) in [5.74, 6) is 0.132. The number of amides is 1. The number of nitrogens with zero attached hydrogens (tertiary/aromatic N) is 1. The molecule has 6 nitrogen and oxygen atoms in total. The lowest BCUT2D eigenvalue weighted by Gasteiger charge is -2.10. The smallest absolute Gasteiger partial charge is 0.489 e. The van der Waals surface area contributed by atoms with Crippen molar-refractivity contribution in [2.75, 3.05) is 0 Å². The molecule has 0 aliphatic carbocycles. The summed E-state index contributed by atoms with van der Waals surface area (Å²) in [5.41, 5.74) is 3.84. The third-order valence-electron chi connectivity index (χ3n) is 5.23. The number of alkyl halides is 3. The van der Waals surface area contributed by atoms with E-state index in [9.17, 15) is 18.0 Å². The van der Waals surface area contributed by atoms with E-state index in [1.54, 1.807) is 12.1 Å². The maximum atomic E-state index is 12.9. The van der Waals surface area contributed by atoms with E-state index in [1.807, 2.05) is 41.8 Å². The Hall–Kier alpha value is -3.53. The van der Waals surface area contributed by atoms with Gasteiger partial charge in [0.15, 0.2) is 5.69 Å². The molecule has 0 saturated heterocycles. The first kappa shape index (κ1) is 24.6. The molecule has 2 aromatic carbocycles. The quantitative estimate of drug-likeness (QED) is 0.286. The molecule has 182 valence electrons. The average molecular weight is 549 g/mol. The molecule has 2 aromatic heterocycles. The fourth-order valence-corrected chi connectivity index (χ4v) is 3.88. The highest BCUT2D eigenvalue weighted by Gasteiger charge is 2.31. The second-order valence-corrected chi connectivity index (χ2v) is 8.63. The number of hydrogen-bond donors (Lipinski definition) is 2. The van der Waals surface area contributed by atoms with Crippen LogP contribution in [0.4, 0.5) is 13.2 Å². The molecule has 4 aromatic rings. The number of aryl methyl sites for hydroxylation is 1. The highest BCUT2D eigenvalue weighted by atomic mass is 79.9. The molecule has 1 amide bonds. The molecule has 0 unspecified atom stereocenters. The summed E-state index contributed by atoms with van der Waals surface area (Å²) in [7, 11) is 0. The van der Waals surface area contributed by atoms with Gasteiger partial charge in [-0.25, -0.2) is 4.98 Å². The fourth-order valence-electron chi connectivity index (χ4n) is 3.55. The van der Waals surface area contributed by atoms with Gasteiger partial charge in [-0.3, -0.25) is 4.79 Å². The van der Waals surface area contributed by atoms with Crippen molar-refractivity contribution in [2.24, 2.45) is 0 Å². The van der Waals surface area contributed by atoms with Gasteiger partial charge in [0.05, 0.1) is 4.47 Å². The Morgan fingerprint density at radius 3 is 2.31 bits per heavy atom. The van der Waals surface area contributed by atoms with E-state index >= 15 is 0 Å². The zero-order valence-electron chi connectivity index (χ0n) is 18.7. The standard InChI is InChI=1S/C25H21BrF3N3O3/c1-2-21-23(32-14-18(26)7-12-22(32)31-21)24(33)30-13-16-3-8-19(9-4-16)34-15-17-5-10-20(11-6-17)35-25(27,28)29/h3-12,14H,2,13,15H2,1H3,(H,30,33)/p+1. The van der Waals surface area contributed by atoms with Crippen molar-refractivity contribution >= 4 is 27.5 Å². The van der Waals surface area contributed by atoms with Crippen molar-refractivity contribution in [3.8, 4) is 11.5 Å². The summed E-state index contributed by atoms with van der Waals surface area (Å²) >= 11 is 3.45. The molecule has 0 spiro atoms. The van der Waals surface area contributed by atoms with Crippen LogP contribution in [0.5, 0.6) is 11.5 Å². The second kappa shape index (κ2) is 10.4. The van der Waals surface area contributed by atoms with E-state index in [0.717, 1.165) is 21.4 Å². The van der Waals surface area contributed by atoms with Gasteiger partial charge in [-0.1, -0.05) is 31.2 Å². The van der Waals surface area contributed by atoms with Crippen LogP contribution >= 0.6 is 15.9 Å². The summed E-state index contributed by atoms with van der Waals surface area (Å²) in [4.78, 5) is 16.2. The lowest BCUT2D eigenvalue weighted by Crippen LogP contribution is -2.35.